The fraction of sp³-hybridized carbons (Fsp3) is 0.133. The summed E-state index contributed by atoms with van der Waals surface area (Å²) < 4.78 is 5.20. The summed E-state index contributed by atoms with van der Waals surface area (Å²) in [4.78, 5) is 11.1. The third-order valence-electron chi connectivity index (χ3n) is 2.58. The Labute approximate surface area is 112 Å². The minimum absolute atomic E-state index is 0.109. The highest BCUT2D eigenvalue weighted by atomic mass is 32.1. The molecule has 2 aromatic rings. The molecule has 0 radical (unpaired) electrons. The van der Waals surface area contributed by atoms with Crippen molar-refractivity contribution in [2.24, 2.45) is 0 Å². The van der Waals surface area contributed by atoms with Crippen molar-refractivity contribution in [3.8, 4) is 5.75 Å². The first-order valence-electron chi connectivity index (χ1n) is 5.69. The monoisotopic (exact) mass is 258 g/mol. The summed E-state index contributed by atoms with van der Waals surface area (Å²) in [6, 6.07) is 17.3. The van der Waals surface area contributed by atoms with Gasteiger partial charge in [-0.05, 0) is 11.6 Å². The molecule has 2 aromatic carbocycles. The van der Waals surface area contributed by atoms with Crippen molar-refractivity contribution in [3.63, 3.8) is 0 Å². The van der Waals surface area contributed by atoms with Crippen LogP contribution in [0.4, 0.5) is 0 Å². The van der Waals surface area contributed by atoms with Gasteiger partial charge in [-0.25, -0.2) is 0 Å². The average Bonchev–Trinajstić information content (AvgIpc) is 2.39. The SMILES string of the molecule is CC(=O)Oc1ccccc1C(S)c1ccccc1. The number of para-hydroxylation sites is 1. The zero-order valence-corrected chi connectivity index (χ0v) is 10.9. The number of esters is 1. The number of carbonyl (C=O) groups is 1. The lowest BCUT2D eigenvalue weighted by molar-refractivity contribution is -0.131. The fourth-order valence-electron chi connectivity index (χ4n) is 1.77. The van der Waals surface area contributed by atoms with Crippen LogP contribution >= 0.6 is 12.6 Å². The van der Waals surface area contributed by atoms with Crippen LogP contribution in [0, 0.1) is 0 Å². The maximum Gasteiger partial charge on any atom is 0.308 e. The number of thiol groups is 1. The molecule has 0 saturated carbocycles. The molecule has 1 atom stereocenters. The molecular weight excluding hydrogens is 244 g/mol. The van der Waals surface area contributed by atoms with Crippen LogP contribution in [0.2, 0.25) is 0 Å². The second kappa shape index (κ2) is 5.74. The Morgan fingerprint density at radius 2 is 1.67 bits per heavy atom. The molecule has 92 valence electrons. The van der Waals surface area contributed by atoms with Gasteiger partial charge in [0.1, 0.15) is 5.75 Å². The van der Waals surface area contributed by atoms with Gasteiger partial charge in [0.15, 0.2) is 0 Å². The minimum Gasteiger partial charge on any atom is -0.426 e. The first-order valence-corrected chi connectivity index (χ1v) is 6.20. The van der Waals surface area contributed by atoms with Crippen molar-refractivity contribution in [1.29, 1.82) is 0 Å². The van der Waals surface area contributed by atoms with E-state index in [1.54, 1.807) is 6.07 Å². The van der Waals surface area contributed by atoms with Gasteiger partial charge >= 0.3 is 5.97 Å². The Balaban J connectivity index is 2.36. The van der Waals surface area contributed by atoms with E-state index in [-0.39, 0.29) is 11.2 Å². The molecule has 0 aliphatic heterocycles. The third-order valence-corrected chi connectivity index (χ3v) is 3.16. The predicted molar refractivity (Wildman–Crippen MR) is 75.0 cm³/mol. The zero-order chi connectivity index (χ0) is 13.0. The van der Waals surface area contributed by atoms with Gasteiger partial charge in [0, 0.05) is 12.5 Å². The molecule has 0 bridgehead atoms. The first-order chi connectivity index (χ1) is 8.68. The number of rotatable bonds is 3. The standard InChI is InChI=1S/C15H14O2S/c1-11(16)17-14-10-6-5-9-13(14)15(18)12-7-3-2-4-8-12/h2-10,15,18H,1H3. The largest absolute Gasteiger partial charge is 0.426 e. The molecule has 0 aromatic heterocycles. The van der Waals surface area contributed by atoms with Crippen molar-refractivity contribution >= 4 is 18.6 Å². The molecule has 18 heavy (non-hydrogen) atoms. The first kappa shape index (κ1) is 12.7. The van der Waals surface area contributed by atoms with Crippen LogP contribution in [0.1, 0.15) is 23.3 Å². The summed E-state index contributed by atoms with van der Waals surface area (Å²) in [6.07, 6.45) is 0. The molecule has 0 spiro atoms. The van der Waals surface area contributed by atoms with Crippen molar-refractivity contribution < 1.29 is 9.53 Å². The highest BCUT2D eigenvalue weighted by Gasteiger charge is 2.14. The van der Waals surface area contributed by atoms with Gasteiger partial charge in [-0.1, -0.05) is 48.5 Å². The van der Waals surface area contributed by atoms with Crippen LogP contribution in [0.25, 0.3) is 0 Å². The van der Waals surface area contributed by atoms with Crippen molar-refractivity contribution in [2.45, 2.75) is 12.2 Å². The van der Waals surface area contributed by atoms with Gasteiger partial charge in [0.25, 0.3) is 0 Å². The molecule has 0 heterocycles. The Morgan fingerprint density at radius 1 is 1.06 bits per heavy atom. The summed E-state index contributed by atoms with van der Waals surface area (Å²) in [6.45, 7) is 1.40. The van der Waals surface area contributed by atoms with E-state index < -0.39 is 0 Å². The molecule has 0 N–H and O–H groups in total. The Morgan fingerprint density at radius 3 is 2.33 bits per heavy atom. The van der Waals surface area contributed by atoms with Gasteiger partial charge in [-0.3, -0.25) is 4.79 Å². The van der Waals surface area contributed by atoms with Crippen LogP contribution in [-0.4, -0.2) is 5.97 Å². The number of carbonyl (C=O) groups excluding carboxylic acids is 1. The topological polar surface area (TPSA) is 26.3 Å². The summed E-state index contributed by atoms with van der Waals surface area (Å²) in [5, 5.41) is -0.109. The van der Waals surface area contributed by atoms with E-state index in [2.05, 4.69) is 12.6 Å². The maximum atomic E-state index is 11.1. The quantitative estimate of drug-likeness (QED) is 0.517. The fourth-order valence-corrected chi connectivity index (χ4v) is 2.15. The Hall–Kier alpha value is -1.74. The van der Waals surface area contributed by atoms with E-state index in [9.17, 15) is 4.79 Å². The summed E-state index contributed by atoms with van der Waals surface area (Å²) >= 11 is 4.61. The van der Waals surface area contributed by atoms with Gasteiger partial charge in [-0.2, -0.15) is 12.6 Å². The van der Waals surface area contributed by atoms with Crippen LogP contribution in [0.5, 0.6) is 5.75 Å². The third kappa shape index (κ3) is 2.93. The van der Waals surface area contributed by atoms with Crippen LogP contribution in [-0.2, 0) is 4.79 Å². The lowest BCUT2D eigenvalue weighted by atomic mass is 10.0. The van der Waals surface area contributed by atoms with E-state index >= 15 is 0 Å². The molecule has 2 rings (SSSR count). The lowest BCUT2D eigenvalue weighted by Gasteiger charge is -2.15. The highest BCUT2D eigenvalue weighted by molar-refractivity contribution is 7.80. The van der Waals surface area contributed by atoms with Gasteiger partial charge < -0.3 is 4.74 Å². The van der Waals surface area contributed by atoms with E-state index in [0.717, 1.165) is 11.1 Å². The molecule has 3 heteroatoms. The maximum absolute atomic E-state index is 11.1. The van der Waals surface area contributed by atoms with E-state index in [4.69, 9.17) is 4.74 Å². The van der Waals surface area contributed by atoms with E-state index in [0.29, 0.717) is 5.75 Å². The molecule has 0 fully saturated rings. The van der Waals surface area contributed by atoms with Crippen LogP contribution in [0.3, 0.4) is 0 Å². The second-order valence-corrected chi connectivity index (χ2v) is 4.46. The van der Waals surface area contributed by atoms with Gasteiger partial charge in [0.05, 0.1) is 5.25 Å². The molecule has 0 saturated heterocycles. The number of hydrogen-bond donors (Lipinski definition) is 1. The summed E-state index contributed by atoms with van der Waals surface area (Å²) in [5.74, 6) is 0.241. The van der Waals surface area contributed by atoms with Crippen molar-refractivity contribution in [1.82, 2.24) is 0 Å². The van der Waals surface area contributed by atoms with Gasteiger partial charge in [0.2, 0.25) is 0 Å². The van der Waals surface area contributed by atoms with Crippen LogP contribution in [0.15, 0.2) is 54.6 Å². The second-order valence-electron chi connectivity index (χ2n) is 3.94. The Kier molecular flexibility index (Phi) is 4.05. The smallest absolute Gasteiger partial charge is 0.308 e. The molecular formula is C15H14O2S. The normalized spacial score (nSPS) is 11.9. The average molecular weight is 258 g/mol. The highest BCUT2D eigenvalue weighted by Crippen LogP contribution is 2.34. The molecule has 2 nitrogen and oxygen atoms in total. The lowest BCUT2D eigenvalue weighted by Crippen LogP contribution is -2.05. The Bertz CT molecular complexity index is 537. The molecule has 1 unspecified atom stereocenters. The zero-order valence-electron chi connectivity index (χ0n) is 10.0. The van der Waals surface area contributed by atoms with Crippen molar-refractivity contribution in [2.75, 3.05) is 0 Å². The van der Waals surface area contributed by atoms with Crippen LogP contribution < -0.4 is 4.74 Å². The molecule has 0 aliphatic carbocycles. The van der Waals surface area contributed by atoms with E-state index in [1.165, 1.54) is 6.92 Å². The van der Waals surface area contributed by atoms with E-state index in [1.807, 2.05) is 48.5 Å². The van der Waals surface area contributed by atoms with Crippen molar-refractivity contribution in [3.05, 3.63) is 65.7 Å². The number of hydrogen-bond acceptors (Lipinski definition) is 3. The van der Waals surface area contributed by atoms with Gasteiger partial charge in [-0.15, -0.1) is 0 Å². The number of ether oxygens (including phenoxy) is 1. The minimum atomic E-state index is -0.323. The summed E-state index contributed by atoms with van der Waals surface area (Å²) in [5.41, 5.74) is 1.96. The molecule has 0 aliphatic rings. The molecule has 0 amide bonds. The summed E-state index contributed by atoms with van der Waals surface area (Å²) in [7, 11) is 0. The number of benzene rings is 2. The predicted octanol–water partition coefficient (Wildman–Crippen LogP) is 3.63.